The first-order valence-corrected chi connectivity index (χ1v) is 5.73. The molecule has 1 aliphatic rings. The summed E-state index contributed by atoms with van der Waals surface area (Å²) in [4.78, 5) is 0. The topological polar surface area (TPSA) is 21.3 Å². The van der Waals surface area contributed by atoms with Gasteiger partial charge in [0.25, 0.3) is 0 Å². The normalized spacial score (nSPS) is 20.6. The summed E-state index contributed by atoms with van der Waals surface area (Å²) in [7, 11) is 1.78. The van der Waals surface area contributed by atoms with Gasteiger partial charge in [-0.05, 0) is 45.1 Å². The largest absolute Gasteiger partial charge is 0.379 e. The van der Waals surface area contributed by atoms with Gasteiger partial charge in [0.1, 0.15) is 0 Å². The molecule has 1 N–H and O–H groups in total. The minimum absolute atomic E-state index is 0.0213. The number of nitrogens with one attached hydrogen (secondary N) is 1. The molecule has 0 aromatic rings. The summed E-state index contributed by atoms with van der Waals surface area (Å²) in [6.45, 7) is 8.90. The van der Waals surface area contributed by atoms with Crippen molar-refractivity contribution in [3.05, 3.63) is 0 Å². The molecule has 14 heavy (non-hydrogen) atoms. The summed E-state index contributed by atoms with van der Waals surface area (Å²) in [6, 6.07) is 0. The quantitative estimate of drug-likeness (QED) is 0.664. The first-order valence-electron chi connectivity index (χ1n) is 5.73. The fourth-order valence-electron chi connectivity index (χ4n) is 1.84. The lowest BCUT2D eigenvalue weighted by Crippen LogP contribution is -2.39. The van der Waals surface area contributed by atoms with Crippen LogP contribution in [0.1, 0.15) is 46.5 Å². The van der Waals surface area contributed by atoms with Crippen LogP contribution in [0.5, 0.6) is 0 Å². The number of methoxy groups -OCH3 is 1. The van der Waals surface area contributed by atoms with Gasteiger partial charge < -0.3 is 10.1 Å². The summed E-state index contributed by atoms with van der Waals surface area (Å²) >= 11 is 0. The summed E-state index contributed by atoms with van der Waals surface area (Å²) < 4.78 is 5.37. The van der Waals surface area contributed by atoms with Crippen LogP contribution in [0, 0.1) is 5.41 Å². The van der Waals surface area contributed by atoms with E-state index >= 15 is 0 Å². The van der Waals surface area contributed by atoms with Crippen molar-refractivity contribution in [3.63, 3.8) is 0 Å². The van der Waals surface area contributed by atoms with Gasteiger partial charge in [-0.2, -0.15) is 0 Å². The van der Waals surface area contributed by atoms with E-state index in [0.29, 0.717) is 5.41 Å². The summed E-state index contributed by atoms with van der Waals surface area (Å²) in [5, 5.41) is 3.54. The first kappa shape index (κ1) is 12.0. The van der Waals surface area contributed by atoms with Crippen LogP contribution in [0.2, 0.25) is 0 Å². The molecular formula is C12H25NO. The molecular weight excluding hydrogens is 174 g/mol. The first-order chi connectivity index (χ1) is 6.47. The van der Waals surface area contributed by atoms with Crippen molar-refractivity contribution in [2.45, 2.75) is 52.1 Å². The van der Waals surface area contributed by atoms with E-state index in [1.54, 1.807) is 7.11 Å². The molecule has 0 spiro atoms. The monoisotopic (exact) mass is 199 g/mol. The molecule has 0 aromatic carbocycles. The lowest BCUT2D eigenvalue weighted by atomic mass is 9.70. The highest BCUT2D eigenvalue weighted by molar-refractivity contribution is 4.85. The Morgan fingerprint density at radius 1 is 1.36 bits per heavy atom. The molecule has 1 rings (SSSR count). The molecule has 0 radical (unpaired) electrons. The molecule has 84 valence electrons. The molecule has 1 saturated carbocycles. The molecule has 0 aromatic heterocycles. The third kappa shape index (κ3) is 3.58. The molecule has 0 unspecified atom stereocenters. The maximum Gasteiger partial charge on any atom is 0.0634 e. The minimum Gasteiger partial charge on any atom is -0.379 e. The van der Waals surface area contributed by atoms with Gasteiger partial charge in [0.05, 0.1) is 5.60 Å². The lowest BCUT2D eigenvalue weighted by Gasteiger charge is -2.38. The highest BCUT2D eigenvalue weighted by atomic mass is 16.5. The Morgan fingerprint density at radius 3 is 2.43 bits per heavy atom. The van der Waals surface area contributed by atoms with Crippen LogP contribution in [-0.4, -0.2) is 25.8 Å². The zero-order valence-corrected chi connectivity index (χ0v) is 10.2. The smallest absolute Gasteiger partial charge is 0.0634 e. The third-order valence-electron chi connectivity index (χ3n) is 3.57. The van der Waals surface area contributed by atoms with Crippen LogP contribution in [-0.2, 0) is 4.74 Å². The van der Waals surface area contributed by atoms with E-state index in [2.05, 4.69) is 26.1 Å². The average Bonchev–Trinajstić information content (AvgIpc) is 2.10. The number of hydrogen-bond acceptors (Lipinski definition) is 2. The summed E-state index contributed by atoms with van der Waals surface area (Å²) in [5.41, 5.74) is 0.616. The second-order valence-electron chi connectivity index (χ2n) is 5.55. The van der Waals surface area contributed by atoms with Crippen LogP contribution in [0.3, 0.4) is 0 Å². The Morgan fingerprint density at radius 2 is 2.00 bits per heavy atom. The van der Waals surface area contributed by atoms with Gasteiger partial charge in [0.15, 0.2) is 0 Å². The van der Waals surface area contributed by atoms with Gasteiger partial charge in [-0.25, -0.2) is 0 Å². The fraction of sp³-hybridized carbons (Fsp3) is 1.00. The van der Waals surface area contributed by atoms with Crippen LogP contribution < -0.4 is 5.32 Å². The van der Waals surface area contributed by atoms with Gasteiger partial charge in [-0.1, -0.05) is 13.3 Å². The highest BCUT2D eigenvalue weighted by Gasteiger charge is 2.31. The molecule has 0 aliphatic heterocycles. The molecule has 1 aliphatic carbocycles. The highest BCUT2D eigenvalue weighted by Crippen LogP contribution is 2.39. The van der Waals surface area contributed by atoms with Crippen LogP contribution in [0.4, 0.5) is 0 Å². The van der Waals surface area contributed by atoms with Gasteiger partial charge in [0, 0.05) is 13.7 Å². The zero-order valence-electron chi connectivity index (χ0n) is 10.2. The lowest BCUT2D eigenvalue weighted by molar-refractivity contribution is 0.0148. The molecule has 0 atom stereocenters. The van der Waals surface area contributed by atoms with E-state index in [1.165, 1.54) is 25.8 Å². The standard InChI is InChI=1S/C12H25NO/c1-11(2,14-4)8-9-13-10-12(3)6-5-7-12/h13H,5-10H2,1-4H3. The maximum absolute atomic E-state index is 5.37. The molecule has 0 saturated heterocycles. The molecule has 0 heterocycles. The molecule has 0 amide bonds. The average molecular weight is 199 g/mol. The SMILES string of the molecule is COC(C)(C)CCNCC1(C)CCC1. The molecule has 2 heteroatoms. The Kier molecular flexibility index (Phi) is 3.96. The number of ether oxygens (including phenoxy) is 1. The van der Waals surface area contributed by atoms with Crippen molar-refractivity contribution in [3.8, 4) is 0 Å². The predicted octanol–water partition coefficient (Wildman–Crippen LogP) is 2.58. The van der Waals surface area contributed by atoms with Crippen LogP contribution >= 0.6 is 0 Å². The van der Waals surface area contributed by atoms with E-state index in [4.69, 9.17) is 4.74 Å². The Bertz CT molecular complexity index is 160. The Balaban J connectivity index is 2.04. The van der Waals surface area contributed by atoms with Gasteiger partial charge in [-0.15, -0.1) is 0 Å². The zero-order chi connectivity index (χ0) is 10.7. The fourth-order valence-corrected chi connectivity index (χ4v) is 1.84. The predicted molar refractivity (Wildman–Crippen MR) is 60.5 cm³/mol. The minimum atomic E-state index is 0.0213. The van der Waals surface area contributed by atoms with Gasteiger partial charge in [0.2, 0.25) is 0 Å². The van der Waals surface area contributed by atoms with E-state index in [9.17, 15) is 0 Å². The second kappa shape index (κ2) is 4.63. The second-order valence-corrected chi connectivity index (χ2v) is 5.55. The van der Waals surface area contributed by atoms with E-state index in [0.717, 1.165) is 13.0 Å². The number of rotatable bonds is 6. The number of hydrogen-bond donors (Lipinski definition) is 1. The van der Waals surface area contributed by atoms with Crippen LogP contribution in [0.15, 0.2) is 0 Å². The molecule has 1 fully saturated rings. The van der Waals surface area contributed by atoms with Crippen molar-refractivity contribution in [2.24, 2.45) is 5.41 Å². The maximum atomic E-state index is 5.37. The summed E-state index contributed by atoms with van der Waals surface area (Å²) in [5.74, 6) is 0. The third-order valence-corrected chi connectivity index (χ3v) is 3.57. The Labute approximate surface area is 88.4 Å². The van der Waals surface area contributed by atoms with Crippen molar-refractivity contribution >= 4 is 0 Å². The van der Waals surface area contributed by atoms with Gasteiger partial charge >= 0.3 is 0 Å². The van der Waals surface area contributed by atoms with Gasteiger partial charge in [-0.3, -0.25) is 0 Å². The molecule has 2 nitrogen and oxygen atoms in total. The summed E-state index contributed by atoms with van der Waals surface area (Å²) in [6.07, 6.45) is 5.29. The van der Waals surface area contributed by atoms with E-state index in [-0.39, 0.29) is 5.60 Å². The van der Waals surface area contributed by atoms with Crippen LogP contribution in [0.25, 0.3) is 0 Å². The van der Waals surface area contributed by atoms with Crippen molar-refractivity contribution in [2.75, 3.05) is 20.2 Å². The van der Waals surface area contributed by atoms with E-state index < -0.39 is 0 Å². The van der Waals surface area contributed by atoms with Crippen molar-refractivity contribution in [1.29, 1.82) is 0 Å². The molecule has 0 bridgehead atoms. The van der Waals surface area contributed by atoms with Crippen molar-refractivity contribution < 1.29 is 4.74 Å². The van der Waals surface area contributed by atoms with E-state index in [1.807, 2.05) is 0 Å². The van der Waals surface area contributed by atoms with Crippen molar-refractivity contribution in [1.82, 2.24) is 5.32 Å². The Hall–Kier alpha value is -0.0800.